The van der Waals surface area contributed by atoms with E-state index in [9.17, 15) is 0 Å². The summed E-state index contributed by atoms with van der Waals surface area (Å²) in [6.07, 6.45) is 7.44. The lowest BCUT2D eigenvalue weighted by atomic mass is 10.2. The van der Waals surface area contributed by atoms with Crippen molar-refractivity contribution >= 4 is 19.2 Å². The molecule has 0 atom stereocenters. The summed E-state index contributed by atoms with van der Waals surface area (Å²) in [7, 11) is -1.25. The first-order valence-corrected chi connectivity index (χ1v) is 9.88. The van der Waals surface area contributed by atoms with Gasteiger partial charge in [-0.15, -0.1) is 0 Å². The van der Waals surface area contributed by atoms with E-state index in [2.05, 4.69) is 80.6 Å². The Morgan fingerprint density at radius 2 is 1.33 bits per heavy atom. The van der Waals surface area contributed by atoms with Crippen molar-refractivity contribution in [2.45, 2.75) is 39.5 Å². The van der Waals surface area contributed by atoms with Gasteiger partial charge in [0, 0.05) is 0 Å². The van der Waals surface area contributed by atoms with Gasteiger partial charge in [-0.1, -0.05) is 109 Å². The van der Waals surface area contributed by atoms with E-state index < -0.39 is 8.80 Å². The first-order valence-electron chi connectivity index (χ1n) is 8.15. The molecule has 0 saturated heterocycles. The van der Waals surface area contributed by atoms with E-state index in [1.165, 1.54) is 25.7 Å². The van der Waals surface area contributed by atoms with Crippen LogP contribution >= 0.6 is 0 Å². The van der Waals surface area contributed by atoms with Gasteiger partial charge in [-0.3, -0.25) is 0 Å². The highest BCUT2D eigenvalue weighted by Crippen LogP contribution is 2.12. The maximum atomic E-state index is 2.53. The van der Waals surface area contributed by atoms with Gasteiger partial charge in [-0.2, -0.15) is 0 Å². The zero-order valence-corrected chi connectivity index (χ0v) is 14.4. The quantitative estimate of drug-likeness (QED) is 0.675. The Morgan fingerprint density at radius 1 is 0.810 bits per heavy atom. The van der Waals surface area contributed by atoms with Gasteiger partial charge >= 0.3 is 0 Å². The Balaban J connectivity index is 2.44. The SMILES string of the molecule is CCCC=C(CCC)[SiH](c1ccccc1)c1ccccc1. The molecule has 0 radical (unpaired) electrons. The molecule has 0 aliphatic carbocycles. The van der Waals surface area contributed by atoms with Crippen LogP contribution in [0.3, 0.4) is 0 Å². The van der Waals surface area contributed by atoms with E-state index in [0.717, 1.165) is 0 Å². The predicted molar refractivity (Wildman–Crippen MR) is 97.2 cm³/mol. The standard InChI is InChI=1S/C20H26Si/c1-3-5-13-18(12-4-2)21(19-14-8-6-9-15-19)20-16-10-7-11-17-20/h6-11,13-17,21H,3-5,12H2,1-2H3. The van der Waals surface area contributed by atoms with Gasteiger partial charge < -0.3 is 0 Å². The van der Waals surface area contributed by atoms with Crippen LogP contribution in [0.15, 0.2) is 71.9 Å². The van der Waals surface area contributed by atoms with Crippen molar-refractivity contribution in [3.8, 4) is 0 Å². The average Bonchev–Trinajstić information content (AvgIpc) is 2.55. The van der Waals surface area contributed by atoms with Crippen LogP contribution in [0, 0.1) is 0 Å². The maximum Gasteiger partial charge on any atom is 0.128 e. The summed E-state index contributed by atoms with van der Waals surface area (Å²) in [6, 6.07) is 22.2. The smallest absolute Gasteiger partial charge is 0.0888 e. The fourth-order valence-corrected chi connectivity index (χ4v) is 6.33. The van der Waals surface area contributed by atoms with Gasteiger partial charge in [-0.25, -0.2) is 0 Å². The third-order valence-electron chi connectivity index (χ3n) is 3.87. The number of unbranched alkanes of at least 4 members (excludes halogenated alkanes) is 1. The summed E-state index contributed by atoms with van der Waals surface area (Å²) >= 11 is 0. The molecule has 0 heterocycles. The molecule has 0 fully saturated rings. The average molecular weight is 295 g/mol. The zero-order valence-electron chi connectivity index (χ0n) is 13.3. The van der Waals surface area contributed by atoms with Crippen LogP contribution in [-0.2, 0) is 0 Å². The third kappa shape index (κ3) is 4.43. The molecular weight excluding hydrogens is 268 g/mol. The molecule has 0 amide bonds. The normalized spacial score (nSPS) is 11.9. The van der Waals surface area contributed by atoms with E-state index in [1.54, 1.807) is 15.6 Å². The molecule has 0 unspecified atom stereocenters. The highest BCUT2D eigenvalue weighted by molar-refractivity contribution is 6.90. The molecule has 1 heteroatoms. The van der Waals surface area contributed by atoms with Crippen LogP contribution in [0.5, 0.6) is 0 Å². The molecular formula is C20H26Si. The molecule has 2 rings (SSSR count). The maximum absolute atomic E-state index is 2.53. The zero-order chi connectivity index (χ0) is 14.9. The van der Waals surface area contributed by atoms with Crippen molar-refractivity contribution in [2.24, 2.45) is 0 Å². The molecule has 2 aromatic rings. The highest BCUT2D eigenvalue weighted by atomic mass is 28.3. The summed E-state index contributed by atoms with van der Waals surface area (Å²) in [4.78, 5) is 0. The second-order valence-corrected chi connectivity index (χ2v) is 8.51. The molecule has 110 valence electrons. The van der Waals surface area contributed by atoms with Crippen molar-refractivity contribution in [3.63, 3.8) is 0 Å². The molecule has 0 spiro atoms. The van der Waals surface area contributed by atoms with Crippen molar-refractivity contribution in [2.75, 3.05) is 0 Å². The third-order valence-corrected chi connectivity index (χ3v) is 7.24. The molecule has 0 N–H and O–H groups in total. The Bertz CT molecular complexity index is 503. The van der Waals surface area contributed by atoms with Gasteiger partial charge in [0.1, 0.15) is 8.80 Å². The van der Waals surface area contributed by atoms with Gasteiger partial charge in [0.05, 0.1) is 0 Å². The number of hydrogen-bond donors (Lipinski definition) is 0. The molecule has 2 aromatic carbocycles. The van der Waals surface area contributed by atoms with Crippen LogP contribution < -0.4 is 10.4 Å². The predicted octanol–water partition coefficient (Wildman–Crippen LogP) is 4.09. The van der Waals surface area contributed by atoms with Crippen LogP contribution in [-0.4, -0.2) is 8.80 Å². The molecule has 0 nitrogen and oxygen atoms in total. The van der Waals surface area contributed by atoms with Crippen molar-refractivity contribution in [1.29, 1.82) is 0 Å². The van der Waals surface area contributed by atoms with Gasteiger partial charge in [-0.05, 0) is 12.8 Å². The van der Waals surface area contributed by atoms with Gasteiger partial charge in [0.25, 0.3) is 0 Å². The van der Waals surface area contributed by atoms with Crippen molar-refractivity contribution < 1.29 is 0 Å². The summed E-state index contributed by atoms with van der Waals surface area (Å²) in [5, 5.41) is 4.79. The largest absolute Gasteiger partial charge is 0.128 e. The fraction of sp³-hybridized carbons (Fsp3) is 0.300. The van der Waals surface area contributed by atoms with Crippen molar-refractivity contribution in [3.05, 3.63) is 71.9 Å². The van der Waals surface area contributed by atoms with Gasteiger partial charge in [0.15, 0.2) is 0 Å². The Morgan fingerprint density at radius 3 is 1.76 bits per heavy atom. The highest BCUT2D eigenvalue weighted by Gasteiger charge is 2.19. The first kappa shape index (κ1) is 15.8. The summed E-state index contributed by atoms with van der Waals surface area (Å²) in [5.74, 6) is 0. The van der Waals surface area contributed by atoms with Crippen molar-refractivity contribution in [1.82, 2.24) is 0 Å². The number of hydrogen-bond acceptors (Lipinski definition) is 0. The van der Waals surface area contributed by atoms with E-state index >= 15 is 0 Å². The Hall–Kier alpha value is -1.60. The topological polar surface area (TPSA) is 0 Å². The second kappa shape index (κ2) is 8.63. The lowest BCUT2D eigenvalue weighted by molar-refractivity contribution is 0.907. The first-order chi connectivity index (χ1) is 10.4. The Kier molecular flexibility index (Phi) is 6.49. The molecule has 0 bridgehead atoms. The fourth-order valence-electron chi connectivity index (χ4n) is 2.89. The molecule has 0 aliphatic rings. The summed E-state index contributed by atoms with van der Waals surface area (Å²) in [5.41, 5.74) is 0. The lowest BCUT2D eigenvalue weighted by Gasteiger charge is -2.20. The number of benzene rings is 2. The minimum Gasteiger partial charge on any atom is -0.0888 e. The lowest BCUT2D eigenvalue weighted by Crippen LogP contribution is -2.44. The summed E-state index contributed by atoms with van der Waals surface area (Å²) < 4.78 is 0. The monoisotopic (exact) mass is 294 g/mol. The van der Waals surface area contributed by atoms with Crippen LogP contribution in [0.4, 0.5) is 0 Å². The molecule has 0 saturated carbocycles. The number of allylic oxidation sites excluding steroid dienone is 2. The van der Waals surface area contributed by atoms with Gasteiger partial charge in [0.2, 0.25) is 0 Å². The minimum absolute atomic E-state index is 1.21. The Labute approximate surface area is 131 Å². The van der Waals surface area contributed by atoms with Crippen LogP contribution in [0.2, 0.25) is 0 Å². The molecule has 21 heavy (non-hydrogen) atoms. The van der Waals surface area contributed by atoms with E-state index in [1.807, 2.05) is 0 Å². The van der Waals surface area contributed by atoms with E-state index in [0.29, 0.717) is 0 Å². The van der Waals surface area contributed by atoms with E-state index in [-0.39, 0.29) is 0 Å². The molecule has 0 aromatic heterocycles. The van der Waals surface area contributed by atoms with Crippen LogP contribution in [0.1, 0.15) is 39.5 Å². The van der Waals surface area contributed by atoms with E-state index in [4.69, 9.17) is 0 Å². The number of rotatable bonds is 7. The second-order valence-electron chi connectivity index (χ2n) is 5.57. The van der Waals surface area contributed by atoms with Crippen LogP contribution in [0.25, 0.3) is 0 Å². The summed E-state index contributed by atoms with van der Waals surface area (Å²) in [6.45, 7) is 4.56. The minimum atomic E-state index is -1.25. The molecule has 0 aliphatic heterocycles.